The van der Waals surface area contributed by atoms with Crippen LogP contribution in [0.15, 0.2) is 23.0 Å². The zero-order valence-electron chi connectivity index (χ0n) is 7.44. The molecule has 0 saturated heterocycles. The van der Waals surface area contributed by atoms with Crippen molar-refractivity contribution in [1.82, 2.24) is 15.1 Å². The molecule has 0 bridgehead atoms. The predicted molar refractivity (Wildman–Crippen MR) is 55.9 cm³/mol. The third-order valence-electron chi connectivity index (χ3n) is 1.64. The van der Waals surface area contributed by atoms with Crippen LogP contribution in [0.3, 0.4) is 0 Å². The lowest BCUT2D eigenvalue weighted by atomic mass is 10.4. The third kappa shape index (κ3) is 2.57. The average molecular weight is 245 g/mol. The lowest BCUT2D eigenvalue weighted by Crippen LogP contribution is -2.01. The third-order valence-corrected chi connectivity index (χ3v) is 2.09. The van der Waals surface area contributed by atoms with E-state index in [9.17, 15) is 0 Å². The fourth-order valence-electron chi connectivity index (χ4n) is 0.974. The molecule has 7 heteroatoms. The Balaban J connectivity index is 2.07. The van der Waals surface area contributed by atoms with Crippen LogP contribution in [0.5, 0.6) is 0 Å². The molecule has 0 radical (unpaired) electrons. The first-order valence-electron chi connectivity index (χ1n) is 4.07. The van der Waals surface area contributed by atoms with Crippen LogP contribution < -0.4 is 5.32 Å². The summed E-state index contributed by atoms with van der Waals surface area (Å²) in [6.45, 7) is 0.438. The van der Waals surface area contributed by atoms with Crippen LogP contribution >= 0.6 is 23.2 Å². The van der Waals surface area contributed by atoms with E-state index in [2.05, 4.69) is 20.4 Å². The van der Waals surface area contributed by atoms with Gasteiger partial charge in [0.05, 0.1) is 18.9 Å². The molecule has 15 heavy (non-hydrogen) atoms. The van der Waals surface area contributed by atoms with Gasteiger partial charge in [-0.25, -0.2) is 4.98 Å². The highest BCUT2D eigenvalue weighted by Crippen LogP contribution is 2.19. The minimum Gasteiger partial charge on any atom is -0.361 e. The van der Waals surface area contributed by atoms with Crippen molar-refractivity contribution in [1.29, 1.82) is 0 Å². The molecular formula is C8H6Cl2N4O. The first-order valence-corrected chi connectivity index (χ1v) is 4.83. The highest BCUT2D eigenvalue weighted by molar-refractivity contribution is 6.33. The van der Waals surface area contributed by atoms with Gasteiger partial charge in [-0.3, -0.25) is 0 Å². The zero-order valence-corrected chi connectivity index (χ0v) is 8.96. The summed E-state index contributed by atoms with van der Waals surface area (Å²) in [5.41, 5.74) is 0. The molecule has 0 atom stereocenters. The Hall–Kier alpha value is -1.33. The molecule has 0 saturated carbocycles. The quantitative estimate of drug-likeness (QED) is 0.841. The number of rotatable bonds is 3. The largest absolute Gasteiger partial charge is 0.361 e. The standard InChI is InChI=1S/C8H6Cl2N4O/c9-6-4-12-8(10)14-7(6)11-3-5-1-2-13-15-5/h1-2,4H,3H2,(H,11,12,14). The number of nitrogens with one attached hydrogen (secondary N) is 1. The lowest BCUT2D eigenvalue weighted by molar-refractivity contribution is 0.388. The van der Waals surface area contributed by atoms with Crippen LogP contribution in [0.4, 0.5) is 5.82 Å². The van der Waals surface area contributed by atoms with E-state index in [0.717, 1.165) is 0 Å². The molecule has 78 valence electrons. The molecule has 0 amide bonds. The minimum atomic E-state index is 0.138. The van der Waals surface area contributed by atoms with Gasteiger partial charge in [0, 0.05) is 6.07 Å². The summed E-state index contributed by atoms with van der Waals surface area (Å²) in [5.74, 6) is 1.15. The Kier molecular flexibility index (Phi) is 3.03. The van der Waals surface area contributed by atoms with Crippen LogP contribution in [0.25, 0.3) is 0 Å². The van der Waals surface area contributed by atoms with Gasteiger partial charge < -0.3 is 9.84 Å². The van der Waals surface area contributed by atoms with E-state index < -0.39 is 0 Å². The number of aromatic nitrogens is 3. The van der Waals surface area contributed by atoms with Crippen molar-refractivity contribution in [3.8, 4) is 0 Å². The molecule has 2 aromatic rings. The van der Waals surface area contributed by atoms with Gasteiger partial charge >= 0.3 is 0 Å². The highest BCUT2D eigenvalue weighted by atomic mass is 35.5. The van der Waals surface area contributed by atoms with E-state index in [1.807, 2.05) is 0 Å². The Morgan fingerprint density at radius 1 is 1.40 bits per heavy atom. The second-order valence-corrected chi connectivity index (χ2v) is 3.41. The second-order valence-electron chi connectivity index (χ2n) is 2.67. The van der Waals surface area contributed by atoms with Crippen molar-refractivity contribution in [3.63, 3.8) is 0 Å². The van der Waals surface area contributed by atoms with Crippen molar-refractivity contribution in [3.05, 3.63) is 34.5 Å². The van der Waals surface area contributed by atoms with E-state index in [1.54, 1.807) is 12.3 Å². The summed E-state index contributed by atoms with van der Waals surface area (Å²) in [5, 5.41) is 7.06. The maximum absolute atomic E-state index is 5.84. The van der Waals surface area contributed by atoms with Crippen molar-refractivity contribution < 1.29 is 4.52 Å². The first-order chi connectivity index (χ1) is 7.25. The van der Waals surface area contributed by atoms with Crippen LogP contribution in [-0.2, 0) is 6.54 Å². The van der Waals surface area contributed by atoms with Gasteiger partial charge in [0.15, 0.2) is 5.76 Å². The molecule has 0 fully saturated rings. The molecule has 0 unspecified atom stereocenters. The Labute approximate surface area is 95.4 Å². The summed E-state index contributed by atoms with van der Waals surface area (Å²) in [4.78, 5) is 7.65. The van der Waals surface area contributed by atoms with Crippen molar-refractivity contribution >= 4 is 29.0 Å². The van der Waals surface area contributed by atoms with Crippen LogP contribution in [0.2, 0.25) is 10.3 Å². The normalized spacial score (nSPS) is 10.3. The minimum absolute atomic E-state index is 0.138. The van der Waals surface area contributed by atoms with Crippen molar-refractivity contribution in [2.24, 2.45) is 0 Å². The molecule has 0 aromatic carbocycles. The Morgan fingerprint density at radius 2 is 2.27 bits per heavy atom. The van der Waals surface area contributed by atoms with Gasteiger partial charge in [-0.15, -0.1) is 0 Å². The van der Waals surface area contributed by atoms with E-state index in [1.165, 1.54) is 6.20 Å². The van der Waals surface area contributed by atoms with E-state index in [4.69, 9.17) is 27.7 Å². The number of hydrogen-bond acceptors (Lipinski definition) is 5. The smallest absolute Gasteiger partial charge is 0.224 e. The maximum Gasteiger partial charge on any atom is 0.224 e. The highest BCUT2D eigenvalue weighted by Gasteiger charge is 2.04. The molecule has 0 aliphatic heterocycles. The Morgan fingerprint density at radius 3 is 3.00 bits per heavy atom. The van der Waals surface area contributed by atoms with Gasteiger partial charge in [0.2, 0.25) is 5.28 Å². The first kappa shape index (κ1) is 10.2. The summed E-state index contributed by atoms with van der Waals surface area (Å²) < 4.78 is 4.89. The van der Waals surface area contributed by atoms with Crippen molar-refractivity contribution in [2.45, 2.75) is 6.54 Å². The summed E-state index contributed by atoms with van der Waals surface area (Å²) in [6.07, 6.45) is 2.99. The number of hydrogen-bond donors (Lipinski definition) is 1. The molecule has 1 N–H and O–H groups in total. The number of halogens is 2. The summed E-state index contributed by atoms with van der Waals surface area (Å²) in [7, 11) is 0. The molecular weight excluding hydrogens is 239 g/mol. The topological polar surface area (TPSA) is 63.8 Å². The van der Waals surface area contributed by atoms with E-state index >= 15 is 0 Å². The fourth-order valence-corrected chi connectivity index (χ4v) is 1.26. The van der Waals surface area contributed by atoms with Crippen molar-refractivity contribution in [2.75, 3.05) is 5.32 Å². The molecule has 2 heterocycles. The molecule has 2 aromatic heterocycles. The number of nitrogens with zero attached hydrogens (tertiary/aromatic N) is 3. The zero-order chi connectivity index (χ0) is 10.7. The summed E-state index contributed by atoms with van der Waals surface area (Å²) in [6, 6.07) is 1.74. The van der Waals surface area contributed by atoms with Gasteiger partial charge in [0.1, 0.15) is 10.8 Å². The number of anilines is 1. The molecule has 0 aliphatic rings. The van der Waals surface area contributed by atoms with Crippen LogP contribution in [0.1, 0.15) is 5.76 Å². The van der Waals surface area contributed by atoms with E-state index in [0.29, 0.717) is 23.1 Å². The van der Waals surface area contributed by atoms with E-state index in [-0.39, 0.29) is 5.28 Å². The Bertz CT molecular complexity index is 446. The predicted octanol–water partition coefficient (Wildman–Crippen LogP) is 2.38. The average Bonchev–Trinajstić information content (AvgIpc) is 2.72. The monoisotopic (exact) mass is 244 g/mol. The molecule has 0 aliphatic carbocycles. The van der Waals surface area contributed by atoms with Gasteiger partial charge in [-0.05, 0) is 11.6 Å². The fraction of sp³-hybridized carbons (Fsp3) is 0.125. The summed E-state index contributed by atoms with van der Waals surface area (Å²) >= 11 is 11.5. The van der Waals surface area contributed by atoms with Crippen LogP contribution in [0, 0.1) is 0 Å². The molecule has 5 nitrogen and oxygen atoms in total. The second kappa shape index (κ2) is 4.46. The van der Waals surface area contributed by atoms with Gasteiger partial charge in [-0.1, -0.05) is 16.8 Å². The van der Waals surface area contributed by atoms with Gasteiger partial charge in [-0.2, -0.15) is 4.98 Å². The SMILES string of the molecule is Clc1ncc(Cl)c(NCc2ccno2)n1. The van der Waals surface area contributed by atoms with Crippen LogP contribution in [-0.4, -0.2) is 15.1 Å². The molecule has 0 spiro atoms. The van der Waals surface area contributed by atoms with Gasteiger partial charge in [0.25, 0.3) is 0 Å². The molecule has 2 rings (SSSR count). The maximum atomic E-state index is 5.84. The lowest BCUT2D eigenvalue weighted by Gasteiger charge is -2.04.